The second-order valence-corrected chi connectivity index (χ2v) is 5.40. The third-order valence-electron chi connectivity index (χ3n) is 2.89. The summed E-state index contributed by atoms with van der Waals surface area (Å²) in [7, 11) is 1.49. The summed E-state index contributed by atoms with van der Waals surface area (Å²) in [4.78, 5) is 11.6. The minimum absolute atomic E-state index is 0.0229. The number of halogens is 2. The van der Waals surface area contributed by atoms with Crippen LogP contribution in [0.25, 0.3) is 0 Å². The molecule has 0 fully saturated rings. The molecule has 0 bridgehead atoms. The molecular formula is C14H20Cl2N2O4. The molecular weight excluding hydrogens is 331 g/mol. The van der Waals surface area contributed by atoms with Gasteiger partial charge in [0, 0.05) is 20.2 Å². The molecule has 1 aromatic carbocycles. The molecule has 0 aliphatic carbocycles. The van der Waals surface area contributed by atoms with Crippen LogP contribution in [0.4, 0.5) is 0 Å². The van der Waals surface area contributed by atoms with Gasteiger partial charge in [-0.05, 0) is 12.1 Å². The Hall–Kier alpha value is -1.05. The molecule has 6 nitrogen and oxygen atoms in total. The summed E-state index contributed by atoms with van der Waals surface area (Å²) in [6, 6.07) is 4.97. The number of nitrogens with two attached hydrogens (primary N) is 1. The maximum atomic E-state index is 11.6. The van der Waals surface area contributed by atoms with Crippen molar-refractivity contribution >= 4 is 29.1 Å². The minimum atomic E-state index is -0.877. The Morgan fingerprint density at radius 2 is 2.18 bits per heavy atom. The predicted molar refractivity (Wildman–Crippen MR) is 85.4 cm³/mol. The Kier molecular flexibility index (Phi) is 8.52. The smallest absolute Gasteiger partial charge is 0.222 e. The van der Waals surface area contributed by atoms with Gasteiger partial charge in [-0.15, -0.1) is 0 Å². The molecule has 0 aromatic heterocycles. The topological polar surface area (TPSA) is 93.8 Å². The molecule has 4 N–H and O–H groups in total. The second kappa shape index (κ2) is 9.86. The first-order valence-electron chi connectivity index (χ1n) is 6.72. The molecule has 1 rings (SSSR count). The molecule has 2 atom stereocenters. The van der Waals surface area contributed by atoms with Crippen LogP contribution in [0, 0.1) is 0 Å². The summed E-state index contributed by atoms with van der Waals surface area (Å²) < 4.78 is 10.4. The van der Waals surface area contributed by atoms with Gasteiger partial charge in [0.1, 0.15) is 23.5 Å². The molecule has 1 amide bonds. The number of methoxy groups -OCH3 is 1. The molecule has 1 aromatic rings. The SMILES string of the molecule is COC(CN)CC(=O)NCC(O)COc1cccc(Cl)c1Cl. The predicted octanol–water partition coefficient (Wildman–Crippen LogP) is 1.21. The number of hydrogen-bond acceptors (Lipinski definition) is 5. The molecule has 0 saturated carbocycles. The quantitative estimate of drug-likeness (QED) is 0.622. The molecule has 0 saturated heterocycles. The van der Waals surface area contributed by atoms with Gasteiger partial charge in [0.05, 0.1) is 17.5 Å². The van der Waals surface area contributed by atoms with Crippen molar-refractivity contribution in [1.82, 2.24) is 5.32 Å². The number of aliphatic hydroxyl groups excluding tert-OH is 1. The van der Waals surface area contributed by atoms with Crippen LogP contribution < -0.4 is 15.8 Å². The van der Waals surface area contributed by atoms with Crippen molar-refractivity contribution in [2.24, 2.45) is 5.73 Å². The Labute approximate surface area is 139 Å². The molecule has 8 heteroatoms. The van der Waals surface area contributed by atoms with Gasteiger partial charge in [0.2, 0.25) is 5.91 Å². The number of hydrogen-bond donors (Lipinski definition) is 3. The Balaban J connectivity index is 2.33. The van der Waals surface area contributed by atoms with E-state index in [1.165, 1.54) is 7.11 Å². The van der Waals surface area contributed by atoms with Gasteiger partial charge in [0.15, 0.2) is 0 Å². The van der Waals surface area contributed by atoms with Gasteiger partial charge in [0.25, 0.3) is 0 Å². The van der Waals surface area contributed by atoms with Gasteiger partial charge in [-0.3, -0.25) is 4.79 Å². The van der Waals surface area contributed by atoms with Crippen molar-refractivity contribution in [3.8, 4) is 5.75 Å². The number of benzene rings is 1. The van der Waals surface area contributed by atoms with Gasteiger partial charge in [-0.25, -0.2) is 0 Å². The Morgan fingerprint density at radius 1 is 1.45 bits per heavy atom. The largest absolute Gasteiger partial charge is 0.489 e. The highest BCUT2D eigenvalue weighted by Crippen LogP contribution is 2.31. The first-order chi connectivity index (χ1) is 10.5. The fraction of sp³-hybridized carbons (Fsp3) is 0.500. The Morgan fingerprint density at radius 3 is 2.82 bits per heavy atom. The number of nitrogens with one attached hydrogen (secondary N) is 1. The fourth-order valence-electron chi connectivity index (χ4n) is 1.61. The van der Waals surface area contributed by atoms with E-state index in [9.17, 15) is 9.90 Å². The van der Waals surface area contributed by atoms with E-state index in [-0.39, 0.29) is 43.2 Å². The highest BCUT2D eigenvalue weighted by molar-refractivity contribution is 6.42. The van der Waals surface area contributed by atoms with E-state index >= 15 is 0 Å². The van der Waals surface area contributed by atoms with Crippen LogP contribution in [0.2, 0.25) is 10.0 Å². The number of carbonyl (C=O) groups excluding carboxylic acids is 1. The van der Waals surface area contributed by atoms with Crippen LogP contribution in [-0.2, 0) is 9.53 Å². The number of amides is 1. The first-order valence-corrected chi connectivity index (χ1v) is 7.48. The summed E-state index contributed by atoms with van der Waals surface area (Å²) in [5, 5.41) is 13.0. The van der Waals surface area contributed by atoms with Gasteiger partial charge in [-0.2, -0.15) is 0 Å². The van der Waals surface area contributed by atoms with E-state index in [4.69, 9.17) is 38.4 Å². The van der Waals surface area contributed by atoms with E-state index in [1.807, 2.05) is 0 Å². The molecule has 0 aliphatic rings. The van der Waals surface area contributed by atoms with Gasteiger partial charge in [-0.1, -0.05) is 29.3 Å². The van der Waals surface area contributed by atoms with Crippen LogP contribution >= 0.6 is 23.2 Å². The van der Waals surface area contributed by atoms with Gasteiger partial charge < -0.3 is 25.6 Å². The standard InChI is InChI=1S/C14H20Cl2N2O4/c1-21-10(6-17)5-13(20)18-7-9(19)8-22-12-4-2-3-11(15)14(12)16/h2-4,9-10,19H,5-8,17H2,1H3,(H,18,20). The van der Waals surface area contributed by atoms with Crippen LogP contribution in [0.3, 0.4) is 0 Å². The maximum absolute atomic E-state index is 11.6. The summed E-state index contributed by atoms with van der Waals surface area (Å²) in [6.45, 7) is 0.284. The van der Waals surface area contributed by atoms with Crippen LogP contribution in [0.5, 0.6) is 5.75 Å². The first kappa shape index (κ1) is 19.0. The molecule has 0 aliphatic heterocycles. The van der Waals surface area contributed by atoms with Crippen LogP contribution in [0.1, 0.15) is 6.42 Å². The normalized spacial score (nSPS) is 13.5. The van der Waals surface area contributed by atoms with Crippen molar-refractivity contribution in [1.29, 1.82) is 0 Å². The monoisotopic (exact) mass is 350 g/mol. The minimum Gasteiger partial charge on any atom is -0.489 e. The molecule has 0 spiro atoms. The summed E-state index contributed by atoms with van der Waals surface area (Å²) >= 11 is 11.8. The fourth-order valence-corrected chi connectivity index (χ4v) is 1.96. The summed E-state index contributed by atoms with van der Waals surface area (Å²) in [5.74, 6) is 0.124. The number of carbonyl (C=O) groups is 1. The van der Waals surface area contributed by atoms with Gasteiger partial charge >= 0.3 is 0 Å². The molecule has 124 valence electrons. The average molecular weight is 351 g/mol. The van der Waals surface area contributed by atoms with E-state index in [1.54, 1.807) is 18.2 Å². The van der Waals surface area contributed by atoms with Crippen molar-refractivity contribution in [3.05, 3.63) is 28.2 Å². The molecule has 22 heavy (non-hydrogen) atoms. The number of rotatable bonds is 9. The van der Waals surface area contributed by atoms with E-state index < -0.39 is 6.10 Å². The van der Waals surface area contributed by atoms with Crippen molar-refractivity contribution in [3.63, 3.8) is 0 Å². The molecule has 0 radical (unpaired) electrons. The lowest BCUT2D eigenvalue weighted by Gasteiger charge is -2.16. The molecule has 2 unspecified atom stereocenters. The van der Waals surface area contributed by atoms with Crippen LogP contribution in [-0.4, -0.2) is 50.0 Å². The lowest BCUT2D eigenvalue weighted by Crippen LogP contribution is -2.38. The lowest BCUT2D eigenvalue weighted by atomic mass is 10.2. The second-order valence-electron chi connectivity index (χ2n) is 4.62. The third-order valence-corrected chi connectivity index (χ3v) is 3.69. The number of aliphatic hydroxyl groups is 1. The zero-order chi connectivity index (χ0) is 16.5. The Bertz CT molecular complexity index is 484. The maximum Gasteiger partial charge on any atom is 0.222 e. The zero-order valence-corrected chi connectivity index (χ0v) is 13.7. The highest BCUT2D eigenvalue weighted by atomic mass is 35.5. The number of ether oxygens (including phenoxy) is 2. The van der Waals surface area contributed by atoms with E-state index in [0.717, 1.165) is 0 Å². The summed E-state index contributed by atoms with van der Waals surface area (Å²) in [6.07, 6.45) is -1.07. The zero-order valence-electron chi connectivity index (χ0n) is 12.2. The summed E-state index contributed by atoms with van der Waals surface area (Å²) in [5.41, 5.74) is 5.43. The lowest BCUT2D eigenvalue weighted by molar-refractivity contribution is -0.123. The van der Waals surface area contributed by atoms with Crippen LogP contribution in [0.15, 0.2) is 18.2 Å². The molecule has 0 heterocycles. The van der Waals surface area contributed by atoms with Crippen molar-refractivity contribution in [2.75, 3.05) is 26.8 Å². The van der Waals surface area contributed by atoms with Crippen molar-refractivity contribution in [2.45, 2.75) is 18.6 Å². The average Bonchev–Trinajstić information content (AvgIpc) is 2.52. The van der Waals surface area contributed by atoms with E-state index in [0.29, 0.717) is 10.8 Å². The van der Waals surface area contributed by atoms with Crippen molar-refractivity contribution < 1.29 is 19.4 Å². The highest BCUT2D eigenvalue weighted by Gasteiger charge is 2.14. The van der Waals surface area contributed by atoms with E-state index in [2.05, 4.69) is 5.32 Å². The third kappa shape index (κ3) is 6.37.